The Labute approximate surface area is 230 Å². The summed E-state index contributed by atoms with van der Waals surface area (Å²) in [5.74, 6) is 0.135. The molecule has 190 valence electrons. The number of aryl methyl sites for hydroxylation is 3. The van der Waals surface area contributed by atoms with E-state index in [2.05, 4.69) is 47.2 Å². The largest absolute Gasteiger partial charge is 0.394 e. The van der Waals surface area contributed by atoms with E-state index in [0.717, 1.165) is 66.0 Å². The number of benzene rings is 2. The van der Waals surface area contributed by atoms with Gasteiger partial charge in [0.1, 0.15) is 0 Å². The molecule has 1 heterocycles. The van der Waals surface area contributed by atoms with E-state index in [1.54, 1.807) is 23.5 Å². The normalized spacial score (nSPS) is 15.7. The number of nitrogens with zero attached hydrogens (tertiary/aromatic N) is 3. The Morgan fingerprint density at radius 1 is 1.05 bits per heavy atom. The molecule has 2 aromatic carbocycles. The molecule has 3 aromatic rings. The molecular formula is C29H29BrN4O2S. The summed E-state index contributed by atoms with van der Waals surface area (Å²) < 4.78 is 0. The topological polar surface area (TPSA) is 110 Å². The third kappa shape index (κ3) is 5.62. The molecule has 0 fully saturated rings. The summed E-state index contributed by atoms with van der Waals surface area (Å²) in [5.41, 5.74) is 6.17. The number of alkyl halides is 1. The first-order chi connectivity index (χ1) is 17.9. The van der Waals surface area contributed by atoms with Gasteiger partial charge in [0, 0.05) is 16.0 Å². The van der Waals surface area contributed by atoms with E-state index in [1.165, 1.54) is 10.4 Å². The van der Waals surface area contributed by atoms with Crippen LogP contribution in [0.5, 0.6) is 0 Å². The maximum Gasteiger partial charge on any atom is 0.184 e. The van der Waals surface area contributed by atoms with Crippen molar-refractivity contribution in [1.82, 2.24) is 4.98 Å². The number of anilines is 1. The molecule has 6 nitrogen and oxygen atoms in total. The smallest absolute Gasteiger partial charge is 0.184 e. The first-order valence-corrected chi connectivity index (χ1v) is 14.2. The fraction of sp³-hybridized carbons (Fsp3) is 0.379. The molecule has 0 aliphatic heterocycles. The maximum absolute atomic E-state index is 11.7. The minimum absolute atomic E-state index is 0.0528. The third-order valence-electron chi connectivity index (χ3n) is 7.29. The number of carbonyl (C=O) groups is 1. The fourth-order valence-electron chi connectivity index (χ4n) is 4.74. The zero-order chi connectivity index (χ0) is 26.6. The van der Waals surface area contributed by atoms with E-state index < -0.39 is 0 Å². The number of hydrogen-bond acceptors (Lipinski definition) is 7. The Kier molecular flexibility index (Phi) is 8.44. The molecule has 0 spiro atoms. The van der Waals surface area contributed by atoms with Crippen LogP contribution < -0.4 is 5.32 Å². The Bertz CT molecular complexity index is 1390. The standard InChI is InChI=1S/C18H21N3OS.C11H8BrNO/c1-3-18(4-2,11-22)21-17-20-16-14-7-5-12(10-19)9-13(14)6-8-15(16)23-17;12-10-4-2-8-5-7(6-13)1-3-9(8)11(10)14/h5,7,9,22H,3-4,6,8,11H2,1-2H3,(H,20,21);1,3,5,10H,2,4H2. The van der Waals surface area contributed by atoms with Gasteiger partial charge in [-0.3, -0.25) is 4.79 Å². The highest BCUT2D eigenvalue weighted by Gasteiger charge is 2.28. The molecule has 0 bridgehead atoms. The summed E-state index contributed by atoms with van der Waals surface area (Å²) in [6, 6.07) is 15.4. The molecule has 0 amide bonds. The zero-order valence-corrected chi connectivity index (χ0v) is 23.4. The van der Waals surface area contributed by atoms with E-state index in [0.29, 0.717) is 11.1 Å². The quantitative estimate of drug-likeness (QED) is 0.350. The molecule has 0 saturated heterocycles. The summed E-state index contributed by atoms with van der Waals surface area (Å²) >= 11 is 5.03. The number of nitrogens with one attached hydrogen (secondary N) is 1. The number of ketones is 1. The van der Waals surface area contributed by atoms with E-state index in [1.807, 2.05) is 24.3 Å². The van der Waals surface area contributed by atoms with Crippen LogP contribution in [0.3, 0.4) is 0 Å². The molecule has 0 radical (unpaired) electrons. The van der Waals surface area contributed by atoms with Gasteiger partial charge in [-0.2, -0.15) is 10.5 Å². The lowest BCUT2D eigenvalue weighted by atomic mass is 9.89. The van der Waals surface area contributed by atoms with Crippen LogP contribution in [0.25, 0.3) is 11.3 Å². The predicted octanol–water partition coefficient (Wildman–Crippen LogP) is 6.19. The number of fused-ring (bicyclic) bond motifs is 4. The van der Waals surface area contributed by atoms with Crippen LogP contribution in [0, 0.1) is 22.7 Å². The second-order valence-corrected chi connectivity index (χ2v) is 11.6. The minimum atomic E-state index is -0.298. The monoisotopic (exact) mass is 576 g/mol. The second-order valence-electron chi connectivity index (χ2n) is 9.40. The highest BCUT2D eigenvalue weighted by molar-refractivity contribution is 9.10. The van der Waals surface area contributed by atoms with Crippen molar-refractivity contribution >= 4 is 38.2 Å². The van der Waals surface area contributed by atoms with Gasteiger partial charge in [-0.25, -0.2) is 4.98 Å². The number of aromatic nitrogens is 1. The zero-order valence-electron chi connectivity index (χ0n) is 21.0. The molecule has 0 saturated carbocycles. The lowest BCUT2D eigenvalue weighted by Gasteiger charge is -2.30. The van der Waals surface area contributed by atoms with Gasteiger partial charge in [-0.15, -0.1) is 11.3 Å². The Balaban J connectivity index is 0.000000195. The maximum atomic E-state index is 11.7. The van der Waals surface area contributed by atoms with Gasteiger partial charge >= 0.3 is 0 Å². The van der Waals surface area contributed by atoms with Crippen molar-refractivity contribution in [2.45, 2.75) is 62.7 Å². The number of aliphatic hydroxyl groups is 1. The van der Waals surface area contributed by atoms with Crippen molar-refractivity contribution in [2.24, 2.45) is 0 Å². The van der Waals surface area contributed by atoms with Crippen molar-refractivity contribution in [2.75, 3.05) is 11.9 Å². The minimum Gasteiger partial charge on any atom is -0.394 e. The lowest BCUT2D eigenvalue weighted by Crippen LogP contribution is -2.40. The van der Waals surface area contributed by atoms with Gasteiger partial charge < -0.3 is 10.4 Å². The molecule has 1 atom stereocenters. The number of Topliss-reactive ketones (excluding diaryl/α,β-unsaturated/α-hetero) is 1. The molecule has 1 aromatic heterocycles. The number of halogens is 1. The number of rotatable bonds is 5. The Morgan fingerprint density at radius 3 is 2.27 bits per heavy atom. The van der Waals surface area contributed by atoms with Crippen molar-refractivity contribution in [3.05, 3.63) is 69.1 Å². The lowest BCUT2D eigenvalue weighted by molar-refractivity contribution is 0.0981. The van der Waals surface area contributed by atoms with Crippen LogP contribution in [-0.4, -0.2) is 32.8 Å². The van der Waals surface area contributed by atoms with E-state index in [4.69, 9.17) is 15.5 Å². The van der Waals surface area contributed by atoms with Crippen LogP contribution in [0.4, 0.5) is 5.13 Å². The second kappa shape index (κ2) is 11.6. The third-order valence-corrected chi connectivity index (χ3v) is 9.19. The summed E-state index contributed by atoms with van der Waals surface area (Å²) in [7, 11) is 0. The first-order valence-electron chi connectivity index (χ1n) is 12.5. The van der Waals surface area contributed by atoms with E-state index in [9.17, 15) is 9.90 Å². The molecule has 2 aliphatic carbocycles. The van der Waals surface area contributed by atoms with Crippen molar-refractivity contribution < 1.29 is 9.90 Å². The van der Waals surface area contributed by atoms with E-state index in [-0.39, 0.29) is 22.8 Å². The van der Waals surface area contributed by atoms with Crippen LogP contribution in [-0.2, 0) is 19.3 Å². The van der Waals surface area contributed by atoms with Gasteiger partial charge in [-0.1, -0.05) is 35.8 Å². The number of nitriles is 2. The number of carbonyl (C=O) groups excluding carboxylic acids is 1. The van der Waals surface area contributed by atoms with Crippen LogP contribution >= 0.6 is 27.3 Å². The summed E-state index contributed by atoms with van der Waals surface area (Å²) in [6.07, 6.45) is 5.30. The van der Waals surface area contributed by atoms with Crippen molar-refractivity contribution in [3.63, 3.8) is 0 Å². The van der Waals surface area contributed by atoms with Gasteiger partial charge in [0.05, 0.1) is 45.9 Å². The molecule has 1 unspecified atom stereocenters. The Morgan fingerprint density at radius 2 is 1.68 bits per heavy atom. The average molecular weight is 578 g/mol. The van der Waals surface area contributed by atoms with Gasteiger partial charge in [0.2, 0.25) is 0 Å². The number of aliphatic hydroxyl groups excluding tert-OH is 1. The summed E-state index contributed by atoms with van der Waals surface area (Å²) in [5, 5.41) is 31.8. The highest BCUT2D eigenvalue weighted by Crippen LogP contribution is 2.39. The van der Waals surface area contributed by atoms with Gasteiger partial charge in [0.25, 0.3) is 0 Å². The molecule has 8 heteroatoms. The average Bonchev–Trinajstić information content (AvgIpc) is 3.36. The van der Waals surface area contributed by atoms with Crippen molar-refractivity contribution in [1.29, 1.82) is 10.5 Å². The Hall–Kier alpha value is -3.04. The van der Waals surface area contributed by atoms with Crippen LogP contribution in [0.15, 0.2) is 36.4 Å². The molecular weight excluding hydrogens is 548 g/mol. The first kappa shape index (κ1) is 27.0. The predicted molar refractivity (Wildman–Crippen MR) is 150 cm³/mol. The highest BCUT2D eigenvalue weighted by atomic mass is 79.9. The summed E-state index contributed by atoms with van der Waals surface area (Å²) in [4.78, 5) is 17.7. The summed E-state index contributed by atoms with van der Waals surface area (Å²) in [6.45, 7) is 4.27. The molecule has 5 rings (SSSR count). The van der Waals surface area contributed by atoms with Gasteiger partial charge in [0.15, 0.2) is 10.9 Å². The van der Waals surface area contributed by atoms with Crippen molar-refractivity contribution in [3.8, 4) is 23.4 Å². The molecule has 2 aliphatic rings. The number of hydrogen-bond donors (Lipinski definition) is 2. The molecule has 37 heavy (non-hydrogen) atoms. The van der Waals surface area contributed by atoms with Gasteiger partial charge in [-0.05, 0) is 80.0 Å². The van der Waals surface area contributed by atoms with Crippen LogP contribution in [0.1, 0.15) is 70.6 Å². The SMILES string of the molecule is CCC(CC)(CO)Nc1nc2c(s1)CCc1cc(C#N)ccc1-2.N#Cc1ccc2c(c1)CCC(Br)C2=O. The fourth-order valence-corrected chi connectivity index (χ4v) is 6.31. The van der Waals surface area contributed by atoms with E-state index >= 15 is 0 Å². The molecule has 2 N–H and O–H groups in total. The van der Waals surface area contributed by atoms with Crippen LogP contribution in [0.2, 0.25) is 0 Å². The number of thiazole rings is 1.